The van der Waals surface area contributed by atoms with Gasteiger partial charge >= 0.3 is 0 Å². The van der Waals surface area contributed by atoms with Crippen molar-refractivity contribution in [2.75, 3.05) is 0 Å². The fourth-order valence-corrected chi connectivity index (χ4v) is 1.63. The molecule has 0 saturated heterocycles. The maximum Gasteiger partial charge on any atom is 0.114 e. The Labute approximate surface area is 71.5 Å². The molecule has 1 aromatic heterocycles. The molecule has 0 aliphatic carbocycles. The van der Waals surface area contributed by atoms with Crippen LogP contribution in [-0.2, 0) is 0 Å². The minimum absolute atomic E-state index is 0.698. The average molecular weight is 247 g/mol. The first-order valence-corrected chi connectivity index (χ1v) is 3.85. The van der Waals surface area contributed by atoms with Crippen molar-refractivity contribution in [2.24, 2.45) is 0 Å². The van der Waals surface area contributed by atoms with Crippen LogP contribution < -0.4 is 5.46 Å². The fraction of sp³-hybridized carbons (Fsp3) is 0. The lowest BCUT2D eigenvalue weighted by Crippen LogP contribution is -2.01. The summed E-state index contributed by atoms with van der Waals surface area (Å²) in [5.74, 6) is 0. The van der Waals surface area contributed by atoms with Crippen molar-refractivity contribution in [1.82, 2.24) is 4.98 Å². The largest absolute Gasteiger partial charge is 0.234 e. The van der Waals surface area contributed by atoms with E-state index < -0.39 is 0 Å². The lowest BCUT2D eigenvalue weighted by atomic mass is 9.99. The van der Waals surface area contributed by atoms with Gasteiger partial charge in [0, 0.05) is 0 Å². The Morgan fingerprint density at radius 3 is 2.00 bits per heavy atom. The van der Waals surface area contributed by atoms with E-state index in [1.807, 2.05) is 0 Å². The molecule has 1 rings (SSSR count). The molecule has 1 aromatic rings. The number of halogens is 2. The quantitative estimate of drug-likeness (QED) is 0.498. The highest BCUT2D eigenvalue weighted by molar-refractivity contribution is 9.11. The van der Waals surface area contributed by atoms with E-state index in [4.69, 9.17) is 7.85 Å². The first kappa shape index (κ1) is 7.28. The summed E-state index contributed by atoms with van der Waals surface area (Å²) in [7, 11) is 5.46. The van der Waals surface area contributed by atoms with Crippen molar-refractivity contribution in [2.45, 2.75) is 0 Å². The smallest absolute Gasteiger partial charge is 0.114 e. The average Bonchev–Trinajstić information content (AvgIpc) is 1.59. The molecule has 2 radical (unpaired) electrons. The summed E-state index contributed by atoms with van der Waals surface area (Å²) in [6.07, 6.45) is 0. The number of rotatable bonds is 0. The Balaban J connectivity index is 3.17. The van der Waals surface area contributed by atoms with Crippen molar-refractivity contribution in [3.05, 3.63) is 21.3 Å². The first-order valence-electron chi connectivity index (χ1n) is 2.27. The molecule has 1 nitrogen and oxygen atoms in total. The topological polar surface area (TPSA) is 12.9 Å². The Bertz CT molecular complexity index is 176. The summed E-state index contributed by atoms with van der Waals surface area (Å²) in [6, 6.07) is 3.48. The zero-order valence-corrected chi connectivity index (χ0v) is 7.61. The van der Waals surface area contributed by atoms with E-state index in [1.165, 1.54) is 0 Å². The van der Waals surface area contributed by atoms with Gasteiger partial charge in [0.15, 0.2) is 0 Å². The summed E-state index contributed by atoms with van der Waals surface area (Å²) in [4.78, 5) is 3.99. The first-order chi connectivity index (χ1) is 4.18. The van der Waals surface area contributed by atoms with E-state index >= 15 is 0 Å². The molecule has 1 heterocycles. The van der Waals surface area contributed by atoms with E-state index in [0.717, 1.165) is 9.21 Å². The van der Waals surface area contributed by atoms with Gasteiger partial charge < -0.3 is 0 Å². The van der Waals surface area contributed by atoms with E-state index in [2.05, 4.69) is 36.8 Å². The number of hydrogen-bond acceptors (Lipinski definition) is 1. The van der Waals surface area contributed by atoms with Gasteiger partial charge in [-0.05, 0) is 44.0 Å². The van der Waals surface area contributed by atoms with Crippen LogP contribution in [0.3, 0.4) is 0 Å². The van der Waals surface area contributed by atoms with Gasteiger partial charge in [-0.25, -0.2) is 4.98 Å². The summed E-state index contributed by atoms with van der Waals surface area (Å²) in [5.41, 5.74) is 0.698. The third-order valence-corrected chi connectivity index (χ3v) is 1.60. The van der Waals surface area contributed by atoms with E-state index in [-0.39, 0.29) is 0 Å². The molecule has 0 spiro atoms. The van der Waals surface area contributed by atoms with Crippen molar-refractivity contribution < 1.29 is 0 Å². The number of hydrogen-bond donors (Lipinski definition) is 0. The minimum Gasteiger partial charge on any atom is -0.234 e. The summed E-state index contributed by atoms with van der Waals surface area (Å²) in [5, 5.41) is 0. The molecule has 0 bridgehead atoms. The molecule has 0 aromatic carbocycles. The van der Waals surface area contributed by atoms with E-state index in [1.54, 1.807) is 12.1 Å². The highest BCUT2D eigenvalue weighted by Crippen LogP contribution is 2.08. The van der Waals surface area contributed by atoms with Crippen LogP contribution in [0.1, 0.15) is 0 Å². The predicted octanol–water partition coefficient (Wildman–Crippen LogP) is 1.40. The normalized spacial score (nSPS) is 9.56. The SMILES string of the molecule is [B]c1cc(Br)nc(Br)c1. The fourth-order valence-electron chi connectivity index (χ4n) is 0.483. The van der Waals surface area contributed by atoms with E-state index in [0.29, 0.717) is 5.46 Å². The van der Waals surface area contributed by atoms with Gasteiger partial charge in [-0.2, -0.15) is 0 Å². The third-order valence-electron chi connectivity index (χ3n) is 0.785. The van der Waals surface area contributed by atoms with Crippen LogP contribution in [-0.4, -0.2) is 12.8 Å². The molecule has 0 N–H and O–H groups in total. The molecule has 0 unspecified atom stereocenters. The predicted molar refractivity (Wildman–Crippen MR) is 45.0 cm³/mol. The van der Waals surface area contributed by atoms with Gasteiger partial charge in [0.1, 0.15) is 17.1 Å². The second-order valence-corrected chi connectivity index (χ2v) is 3.17. The Hall–Kier alpha value is 0.175. The number of pyridine rings is 1. The van der Waals surface area contributed by atoms with Crippen LogP contribution in [0.2, 0.25) is 0 Å². The molecule has 9 heavy (non-hydrogen) atoms. The molecule has 0 amide bonds. The minimum atomic E-state index is 0.698. The van der Waals surface area contributed by atoms with Crippen LogP contribution in [0.25, 0.3) is 0 Å². The molecule has 0 aliphatic rings. The third kappa shape index (κ3) is 2.10. The Kier molecular flexibility index (Phi) is 2.30. The Morgan fingerprint density at radius 2 is 1.67 bits per heavy atom. The molecular formula is C5H2BBr2N. The van der Waals surface area contributed by atoms with Gasteiger partial charge in [0.2, 0.25) is 0 Å². The molecule has 0 fully saturated rings. The highest BCUT2D eigenvalue weighted by atomic mass is 79.9. The zero-order valence-electron chi connectivity index (χ0n) is 4.44. The maximum atomic E-state index is 5.46. The molecular weight excluding hydrogens is 245 g/mol. The van der Waals surface area contributed by atoms with Crippen molar-refractivity contribution in [3.63, 3.8) is 0 Å². The lowest BCUT2D eigenvalue weighted by molar-refractivity contribution is 1.24. The maximum absolute atomic E-state index is 5.46. The van der Waals surface area contributed by atoms with Gasteiger partial charge in [-0.1, -0.05) is 5.46 Å². The van der Waals surface area contributed by atoms with Crippen LogP contribution in [0.15, 0.2) is 21.3 Å². The van der Waals surface area contributed by atoms with Crippen LogP contribution in [0.4, 0.5) is 0 Å². The summed E-state index contributed by atoms with van der Waals surface area (Å²) in [6.45, 7) is 0. The molecule has 4 heteroatoms. The highest BCUT2D eigenvalue weighted by Gasteiger charge is 1.91. The van der Waals surface area contributed by atoms with Gasteiger partial charge in [-0.3, -0.25) is 0 Å². The summed E-state index contributed by atoms with van der Waals surface area (Å²) < 4.78 is 1.49. The van der Waals surface area contributed by atoms with Crippen LogP contribution in [0.5, 0.6) is 0 Å². The monoisotopic (exact) mass is 245 g/mol. The van der Waals surface area contributed by atoms with Gasteiger partial charge in [0.05, 0.1) is 0 Å². The summed E-state index contributed by atoms with van der Waals surface area (Å²) >= 11 is 6.38. The second kappa shape index (κ2) is 2.84. The van der Waals surface area contributed by atoms with Crippen molar-refractivity contribution >= 4 is 45.2 Å². The van der Waals surface area contributed by atoms with Gasteiger partial charge in [-0.15, -0.1) is 0 Å². The van der Waals surface area contributed by atoms with Crippen molar-refractivity contribution in [3.8, 4) is 0 Å². The van der Waals surface area contributed by atoms with Gasteiger partial charge in [0.25, 0.3) is 0 Å². The van der Waals surface area contributed by atoms with Crippen LogP contribution >= 0.6 is 31.9 Å². The second-order valence-electron chi connectivity index (χ2n) is 1.55. The molecule has 0 saturated carbocycles. The molecule has 0 aliphatic heterocycles. The number of nitrogens with zero attached hydrogens (tertiary/aromatic N) is 1. The molecule has 44 valence electrons. The molecule has 0 atom stereocenters. The Morgan fingerprint density at radius 1 is 1.22 bits per heavy atom. The standard InChI is InChI=1S/C5H2BBr2N/c6-3-1-4(7)9-5(8)2-3/h1-2H. The van der Waals surface area contributed by atoms with Crippen LogP contribution in [0, 0.1) is 0 Å². The number of aromatic nitrogens is 1. The van der Waals surface area contributed by atoms with E-state index in [9.17, 15) is 0 Å². The zero-order chi connectivity index (χ0) is 6.85. The van der Waals surface area contributed by atoms with Crippen molar-refractivity contribution in [1.29, 1.82) is 0 Å². The lowest BCUT2D eigenvalue weighted by Gasteiger charge is -1.93.